The predicted molar refractivity (Wildman–Crippen MR) is 85.4 cm³/mol. The molecule has 1 fully saturated rings. The summed E-state index contributed by atoms with van der Waals surface area (Å²) in [6, 6.07) is 7.86. The van der Waals surface area contributed by atoms with E-state index in [0.717, 1.165) is 30.1 Å². The average molecular weight is 318 g/mol. The smallest absolute Gasteiger partial charge is 0.208 e. The van der Waals surface area contributed by atoms with Crippen molar-refractivity contribution >= 4 is 0 Å². The van der Waals surface area contributed by atoms with Gasteiger partial charge in [0.05, 0.1) is 38.6 Å². The molecule has 1 aromatic carbocycles. The van der Waals surface area contributed by atoms with Crippen molar-refractivity contribution in [2.75, 3.05) is 27.4 Å². The summed E-state index contributed by atoms with van der Waals surface area (Å²) >= 11 is 0. The van der Waals surface area contributed by atoms with Gasteiger partial charge in [0.25, 0.3) is 0 Å². The summed E-state index contributed by atoms with van der Waals surface area (Å²) in [6.07, 6.45) is 2.81. The van der Waals surface area contributed by atoms with Gasteiger partial charge in [-0.1, -0.05) is 0 Å². The van der Waals surface area contributed by atoms with Gasteiger partial charge in [-0.2, -0.15) is 0 Å². The van der Waals surface area contributed by atoms with Gasteiger partial charge < -0.3 is 23.9 Å². The summed E-state index contributed by atoms with van der Waals surface area (Å²) in [7, 11) is 3.38. The zero-order chi connectivity index (χ0) is 16.1. The van der Waals surface area contributed by atoms with Crippen LogP contribution >= 0.6 is 0 Å². The van der Waals surface area contributed by atoms with Crippen LogP contribution in [0.2, 0.25) is 0 Å². The fourth-order valence-corrected chi connectivity index (χ4v) is 2.69. The van der Waals surface area contributed by atoms with Crippen molar-refractivity contribution in [3.63, 3.8) is 0 Å². The molecule has 1 N–H and O–H groups in total. The van der Waals surface area contributed by atoms with Crippen molar-refractivity contribution in [3.05, 3.63) is 36.4 Å². The van der Waals surface area contributed by atoms with E-state index in [1.165, 1.54) is 0 Å². The predicted octanol–water partition coefficient (Wildman–Crippen LogP) is 2.24. The Morgan fingerprint density at radius 2 is 2.09 bits per heavy atom. The van der Waals surface area contributed by atoms with Crippen LogP contribution in [0.25, 0.3) is 11.3 Å². The van der Waals surface area contributed by atoms with E-state index in [-0.39, 0.29) is 12.1 Å². The number of ether oxygens (including phenoxy) is 3. The lowest BCUT2D eigenvalue weighted by atomic mass is 10.1. The molecule has 2 atom stereocenters. The van der Waals surface area contributed by atoms with E-state index < -0.39 is 0 Å². The molecule has 0 amide bonds. The summed E-state index contributed by atoms with van der Waals surface area (Å²) in [5.41, 5.74) is 0.973. The van der Waals surface area contributed by atoms with Crippen LogP contribution in [-0.4, -0.2) is 44.6 Å². The number of rotatable bonds is 6. The van der Waals surface area contributed by atoms with Gasteiger partial charge in [0.1, 0.15) is 5.75 Å². The summed E-state index contributed by atoms with van der Waals surface area (Å²) < 4.78 is 21.9. The van der Waals surface area contributed by atoms with Crippen LogP contribution in [-0.2, 0) is 16.0 Å². The molecule has 2 aromatic rings. The van der Waals surface area contributed by atoms with Crippen molar-refractivity contribution < 1.29 is 18.6 Å². The van der Waals surface area contributed by atoms with Gasteiger partial charge in [-0.05, 0) is 30.7 Å². The van der Waals surface area contributed by atoms with Crippen LogP contribution in [0.4, 0.5) is 0 Å². The molecule has 124 valence electrons. The number of benzene rings is 1. The Morgan fingerprint density at radius 3 is 2.83 bits per heavy atom. The first-order valence-corrected chi connectivity index (χ1v) is 7.73. The highest BCUT2D eigenvalue weighted by atomic mass is 16.5. The SMILES string of the molecule is COc1ccc(-c2cnc(CN[C@@H]3COCC[C@H]3OC)o2)cc1. The second-order valence-electron chi connectivity index (χ2n) is 5.47. The minimum atomic E-state index is 0.157. The minimum Gasteiger partial charge on any atom is -0.497 e. The highest BCUT2D eigenvalue weighted by Crippen LogP contribution is 2.23. The third kappa shape index (κ3) is 3.90. The topological polar surface area (TPSA) is 65.8 Å². The van der Waals surface area contributed by atoms with E-state index in [4.69, 9.17) is 18.6 Å². The van der Waals surface area contributed by atoms with Crippen LogP contribution < -0.4 is 10.1 Å². The van der Waals surface area contributed by atoms with Crippen LogP contribution in [0.5, 0.6) is 5.75 Å². The molecule has 6 heteroatoms. The van der Waals surface area contributed by atoms with Crippen LogP contribution in [0.15, 0.2) is 34.9 Å². The van der Waals surface area contributed by atoms with Gasteiger partial charge >= 0.3 is 0 Å². The molecule has 0 bridgehead atoms. The van der Waals surface area contributed by atoms with E-state index in [0.29, 0.717) is 19.0 Å². The van der Waals surface area contributed by atoms with E-state index in [1.54, 1.807) is 20.4 Å². The maximum atomic E-state index is 5.81. The van der Waals surface area contributed by atoms with Crippen molar-refractivity contribution in [1.29, 1.82) is 0 Å². The minimum absolute atomic E-state index is 0.157. The van der Waals surface area contributed by atoms with Crippen LogP contribution in [0.3, 0.4) is 0 Å². The van der Waals surface area contributed by atoms with Gasteiger partial charge in [0.2, 0.25) is 5.89 Å². The highest BCUT2D eigenvalue weighted by molar-refractivity contribution is 5.57. The molecule has 0 spiro atoms. The molecule has 0 unspecified atom stereocenters. The third-order valence-corrected chi connectivity index (χ3v) is 4.04. The average Bonchev–Trinajstić information content (AvgIpc) is 3.09. The molecule has 23 heavy (non-hydrogen) atoms. The first-order valence-electron chi connectivity index (χ1n) is 7.73. The second kappa shape index (κ2) is 7.59. The van der Waals surface area contributed by atoms with Crippen molar-refractivity contribution in [2.24, 2.45) is 0 Å². The molecule has 6 nitrogen and oxygen atoms in total. The summed E-state index contributed by atoms with van der Waals surface area (Å²) in [5, 5.41) is 3.40. The maximum absolute atomic E-state index is 5.81. The standard InChI is InChI=1S/C17H22N2O4/c1-20-13-5-3-12(4-6-13)16-9-19-17(23-16)10-18-14-11-22-8-7-15(14)21-2/h3-6,9,14-15,18H,7-8,10-11H2,1-2H3/t14-,15-/m1/s1. The lowest BCUT2D eigenvalue weighted by molar-refractivity contribution is -0.0378. The Kier molecular flexibility index (Phi) is 5.27. The van der Waals surface area contributed by atoms with Crippen molar-refractivity contribution in [2.45, 2.75) is 25.1 Å². The number of nitrogens with zero attached hydrogens (tertiary/aromatic N) is 1. The quantitative estimate of drug-likeness (QED) is 0.881. The molecular formula is C17H22N2O4. The number of hydrogen-bond acceptors (Lipinski definition) is 6. The lowest BCUT2D eigenvalue weighted by Crippen LogP contribution is -2.47. The Labute approximate surface area is 135 Å². The van der Waals surface area contributed by atoms with Gasteiger partial charge in [-0.3, -0.25) is 0 Å². The maximum Gasteiger partial charge on any atom is 0.208 e. The Morgan fingerprint density at radius 1 is 1.26 bits per heavy atom. The molecule has 1 aromatic heterocycles. The fraction of sp³-hybridized carbons (Fsp3) is 0.471. The molecule has 0 saturated carbocycles. The number of methoxy groups -OCH3 is 2. The third-order valence-electron chi connectivity index (χ3n) is 4.04. The molecule has 3 rings (SSSR count). The Hall–Kier alpha value is -1.89. The van der Waals surface area contributed by atoms with E-state index >= 15 is 0 Å². The zero-order valence-corrected chi connectivity index (χ0v) is 13.5. The van der Waals surface area contributed by atoms with Crippen molar-refractivity contribution in [3.8, 4) is 17.1 Å². The number of aromatic nitrogens is 1. The van der Waals surface area contributed by atoms with E-state index in [1.807, 2.05) is 24.3 Å². The van der Waals surface area contributed by atoms with Gasteiger partial charge in [-0.25, -0.2) is 4.98 Å². The van der Waals surface area contributed by atoms with Crippen molar-refractivity contribution in [1.82, 2.24) is 10.3 Å². The Balaban J connectivity index is 1.60. The molecule has 1 saturated heterocycles. The molecule has 2 heterocycles. The number of nitrogens with one attached hydrogen (secondary N) is 1. The normalized spacial score (nSPS) is 21.3. The van der Waals surface area contributed by atoms with E-state index in [9.17, 15) is 0 Å². The first kappa shape index (κ1) is 16.0. The largest absolute Gasteiger partial charge is 0.497 e. The number of oxazole rings is 1. The second-order valence-corrected chi connectivity index (χ2v) is 5.47. The summed E-state index contributed by atoms with van der Waals surface area (Å²) in [5.74, 6) is 2.21. The molecule has 1 aliphatic heterocycles. The summed E-state index contributed by atoms with van der Waals surface area (Å²) in [4.78, 5) is 4.33. The van der Waals surface area contributed by atoms with Gasteiger partial charge in [0, 0.05) is 19.3 Å². The number of hydrogen-bond donors (Lipinski definition) is 1. The highest BCUT2D eigenvalue weighted by Gasteiger charge is 2.25. The lowest BCUT2D eigenvalue weighted by Gasteiger charge is -2.30. The monoisotopic (exact) mass is 318 g/mol. The van der Waals surface area contributed by atoms with Crippen LogP contribution in [0.1, 0.15) is 12.3 Å². The molecule has 0 aliphatic carbocycles. The molecule has 1 aliphatic rings. The zero-order valence-electron chi connectivity index (χ0n) is 13.5. The molecular weight excluding hydrogens is 296 g/mol. The molecule has 0 radical (unpaired) electrons. The Bertz CT molecular complexity index is 611. The fourth-order valence-electron chi connectivity index (χ4n) is 2.69. The van der Waals surface area contributed by atoms with Crippen LogP contribution in [0, 0.1) is 0 Å². The van der Waals surface area contributed by atoms with Gasteiger partial charge in [-0.15, -0.1) is 0 Å². The first-order chi connectivity index (χ1) is 11.3. The van der Waals surface area contributed by atoms with Gasteiger partial charge in [0.15, 0.2) is 5.76 Å². The van der Waals surface area contributed by atoms with E-state index in [2.05, 4.69) is 10.3 Å². The summed E-state index contributed by atoms with van der Waals surface area (Å²) in [6.45, 7) is 1.94.